The molecule has 1 fully saturated rings. The summed E-state index contributed by atoms with van der Waals surface area (Å²) < 4.78 is 13.3. The van der Waals surface area contributed by atoms with E-state index in [1.807, 2.05) is 31.2 Å². The molecule has 0 amide bonds. The van der Waals surface area contributed by atoms with Crippen molar-refractivity contribution in [3.8, 4) is 0 Å². The third-order valence-electron chi connectivity index (χ3n) is 4.96. The zero-order chi connectivity index (χ0) is 19.3. The smallest absolute Gasteiger partial charge is 0.168 e. The molecule has 0 bridgehead atoms. The minimum atomic E-state index is -0.717. The Labute approximate surface area is 164 Å². The second-order valence-electron chi connectivity index (χ2n) is 7.34. The summed E-state index contributed by atoms with van der Waals surface area (Å²) in [7, 11) is 0. The molecule has 2 aromatic rings. The lowest BCUT2D eigenvalue weighted by Crippen LogP contribution is -2.48. The zero-order valence-electron chi connectivity index (χ0n) is 15.8. The molecule has 6 nitrogen and oxygen atoms in total. The third kappa shape index (κ3) is 4.94. The Hall–Kier alpha value is -1.76. The summed E-state index contributed by atoms with van der Waals surface area (Å²) >= 11 is 5.98. The van der Waals surface area contributed by atoms with Crippen LogP contribution in [0.3, 0.4) is 0 Å². The zero-order valence-corrected chi connectivity index (χ0v) is 16.6. The fourth-order valence-corrected chi connectivity index (χ4v) is 3.38. The van der Waals surface area contributed by atoms with Crippen molar-refractivity contribution in [3.05, 3.63) is 47.5 Å². The van der Waals surface area contributed by atoms with Gasteiger partial charge in [0, 0.05) is 11.4 Å². The number of halogens is 1. The van der Waals surface area contributed by atoms with Crippen LogP contribution in [0.15, 0.2) is 36.9 Å². The van der Waals surface area contributed by atoms with E-state index in [4.69, 9.17) is 21.1 Å². The van der Waals surface area contributed by atoms with Gasteiger partial charge in [0.1, 0.15) is 18.7 Å². The first kappa shape index (κ1) is 20.0. The Kier molecular flexibility index (Phi) is 6.63. The normalized spacial score (nSPS) is 23.9. The monoisotopic (exact) mass is 391 g/mol. The first-order valence-electron chi connectivity index (χ1n) is 9.38. The van der Waals surface area contributed by atoms with Gasteiger partial charge in [-0.1, -0.05) is 37.1 Å². The molecule has 0 aliphatic carbocycles. The molecule has 27 heavy (non-hydrogen) atoms. The number of unbranched alkanes of at least 4 members (excludes halogenated alkanes) is 1. The molecule has 146 valence electrons. The molecule has 3 rings (SSSR count). The number of ketones is 1. The number of hydrogen-bond donors (Lipinski definition) is 0. The molecule has 0 spiro atoms. The minimum absolute atomic E-state index is 0.0388. The van der Waals surface area contributed by atoms with Crippen molar-refractivity contribution in [2.24, 2.45) is 5.41 Å². The van der Waals surface area contributed by atoms with Gasteiger partial charge in [-0.15, -0.1) is 0 Å². The Morgan fingerprint density at radius 2 is 2.04 bits per heavy atom. The van der Waals surface area contributed by atoms with E-state index in [2.05, 4.69) is 17.0 Å². The summed E-state index contributed by atoms with van der Waals surface area (Å²) in [6.45, 7) is 4.74. The van der Waals surface area contributed by atoms with Gasteiger partial charge in [0.25, 0.3) is 0 Å². The van der Waals surface area contributed by atoms with Gasteiger partial charge < -0.3 is 9.47 Å². The van der Waals surface area contributed by atoms with E-state index in [1.165, 1.54) is 6.33 Å². The maximum Gasteiger partial charge on any atom is 0.168 e. The Morgan fingerprint density at radius 1 is 1.33 bits per heavy atom. The standard InChI is InChI=1S/C20H26ClN3O3/c1-3-4-5-18-26-11-20(2,12-27-18)19(25)17(24-14-22-13-23-24)10-15-6-8-16(21)9-7-15/h6-9,13-14,17-18H,3-5,10-12H2,1-2H3. The first-order valence-corrected chi connectivity index (χ1v) is 9.76. The van der Waals surface area contributed by atoms with Gasteiger partial charge >= 0.3 is 0 Å². The number of aromatic nitrogens is 3. The van der Waals surface area contributed by atoms with Crippen LogP contribution in [0.1, 0.15) is 44.7 Å². The summed E-state index contributed by atoms with van der Waals surface area (Å²) in [5, 5.41) is 4.88. The van der Waals surface area contributed by atoms with E-state index >= 15 is 0 Å². The predicted octanol–water partition coefficient (Wildman–Crippen LogP) is 3.85. The van der Waals surface area contributed by atoms with Crippen LogP contribution >= 0.6 is 11.6 Å². The van der Waals surface area contributed by atoms with Crippen molar-refractivity contribution in [1.29, 1.82) is 0 Å². The Morgan fingerprint density at radius 3 is 2.63 bits per heavy atom. The molecule has 1 unspecified atom stereocenters. The van der Waals surface area contributed by atoms with E-state index in [0.717, 1.165) is 24.8 Å². The second-order valence-corrected chi connectivity index (χ2v) is 7.78. The van der Waals surface area contributed by atoms with Gasteiger partial charge in [-0.25, -0.2) is 9.67 Å². The molecule has 1 atom stereocenters. The third-order valence-corrected chi connectivity index (χ3v) is 5.22. The molecular weight excluding hydrogens is 366 g/mol. The van der Waals surface area contributed by atoms with E-state index in [0.29, 0.717) is 24.7 Å². The molecule has 0 radical (unpaired) electrons. The first-order chi connectivity index (χ1) is 13.0. The molecule has 1 aliphatic heterocycles. The topological polar surface area (TPSA) is 66.2 Å². The maximum absolute atomic E-state index is 13.4. The number of hydrogen-bond acceptors (Lipinski definition) is 5. The highest BCUT2D eigenvalue weighted by Gasteiger charge is 2.43. The van der Waals surface area contributed by atoms with Crippen molar-refractivity contribution in [2.45, 2.75) is 51.9 Å². The van der Waals surface area contributed by atoms with Crippen LogP contribution < -0.4 is 0 Å². The Bertz CT molecular complexity index is 725. The summed E-state index contributed by atoms with van der Waals surface area (Å²) in [6, 6.07) is 7.03. The van der Waals surface area contributed by atoms with Gasteiger partial charge in [0.15, 0.2) is 12.1 Å². The molecule has 2 heterocycles. The van der Waals surface area contributed by atoms with Gasteiger partial charge in [-0.2, -0.15) is 5.10 Å². The molecule has 1 aliphatic rings. The van der Waals surface area contributed by atoms with E-state index in [1.54, 1.807) is 11.0 Å². The highest BCUT2D eigenvalue weighted by atomic mass is 35.5. The molecule has 1 aromatic heterocycles. The average molecular weight is 392 g/mol. The van der Waals surface area contributed by atoms with Gasteiger partial charge in [-0.3, -0.25) is 4.79 Å². The van der Waals surface area contributed by atoms with Gasteiger partial charge in [0.05, 0.1) is 18.6 Å². The summed E-state index contributed by atoms with van der Waals surface area (Å²) in [5.74, 6) is 0.0388. The van der Waals surface area contributed by atoms with Crippen molar-refractivity contribution < 1.29 is 14.3 Å². The average Bonchev–Trinajstić information content (AvgIpc) is 3.21. The van der Waals surface area contributed by atoms with Crippen LogP contribution in [0.4, 0.5) is 0 Å². The lowest BCUT2D eigenvalue weighted by Gasteiger charge is -2.38. The van der Waals surface area contributed by atoms with E-state index < -0.39 is 11.5 Å². The fourth-order valence-electron chi connectivity index (χ4n) is 3.25. The number of benzene rings is 1. The number of carbonyl (C=O) groups excluding carboxylic acids is 1. The highest BCUT2D eigenvalue weighted by Crippen LogP contribution is 2.32. The highest BCUT2D eigenvalue weighted by molar-refractivity contribution is 6.30. The minimum Gasteiger partial charge on any atom is -0.352 e. The quantitative estimate of drug-likeness (QED) is 0.683. The summed E-state index contributed by atoms with van der Waals surface area (Å²) in [4.78, 5) is 17.4. The van der Waals surface area contributed by atoms with Crippen LogP contribution in [0.5, 0.6) is 0 Å². The van der Waals surface area contributed by atoms with Crippen LogP contribution in [0.2, 0.25) is 5.02 Å². The number of rotatable bonds is 8. The lowest BCUT2D eigenvalue weighted by molar-refractivity contribution is -0.226. The predicted molar refractivity (Wildman–Crippen MR) is 103 cm³/mol. The second kappa shape index (κ2) is 8.95. The van der Waals surface area contributed by atoms with Crippen LogP contribution in [0, 0.1) is 5.41 Å². The van der Waals surface area contributed by atoms with Crippen molar-refractivity contribution in [2.75, 3.05) is 13.2 Å². The molecular formula is C20H26ClN3O3. The molecule has 0 saturated carbocycles. The molecule has 1 saturated heterocycles. The Balaban J connectivity index is 1.74. The maximum atomic E-state index is 13.4. The van der Waals surface area contributed by atoms with E-state index in [9.17, 15) is 4.79 Å². The number of Topliss-reactive ketones (excluding diaryl/α,β-unsaturated/α-hetero) is 1. The van der Waals surface area contributed by atoms with Crippen molar-refractivity contribution >= 4 is 17.4 Å². The largest absolute Gasteiger partial charge is 0.352 e. The van der Waals surface area contributed by atoms with Gasteiger partial charge in [0.2, 0.25) is 0 Å². The van der Waals surface area contributed by atoms with Crippen molar-refractivity contribution in [1.82, 2.24) is 14.8 Å². The SMILES string of the molecule is CCCCC1OCC(C)(C(=O)C(Cc2ccc(Cl)cc2)n2cncn2)CO1. The van der Waals surface area contributed by atoms with Crippen LogP contribution in [-0.4, -0.2) is 40.1 Å². The fraction of sp³-hybridized carbons (Fsp3) is 0.550. The van der Waals surface area contributed by atoms with Crippen LogP contribution in [0.25, 0.3) is 0 Å². The van der Waals surface area contributed by atoms with Crippen LogP contribution in [-0.2, 0) is 20.7 Å². The van der Waals surface area contributed by atoms with Gasteiger partial charge in [-0.05, 0) is 37.5 Å². The number of nitrogens with zero attached hydrogens (tertiary/aromatic N) is 3. The molecule has 0 N–H and O–H groups in total. The number of carbonyl (C=O) groups is 1. The molecule has 1 aromatic carbocycles. The summed E-state index contributed by atoms with van der Waals surface area (Å²) in [6.07, 6.45) is 6.32. The lowest BCUT2D eigenvalue weighted by atomic mass is 9.81. The van der Waals surface area contributed by atoms with E-state index in [-0.39, 0.29) is 12.1 Å². The molecule has 7 heteroatoms. The summed E-state index contributed by atoms with van der Waals surface area (Å²) in [5.41, 5.74) is 0.293. The number of ether oxygens (including phenoxy) is 2. The van der Waals surface area contributed by atoms with Crippen molar-refractivity contribution in [3.63, 3.8) is 0 Å².